The molecule has 8 nitrogen and oxygen atoms in total. The number of hydrogen-bond acceptors (Lipinski definition) is 7. The summed E-state index contributed by atoms with van der Waals surface area (Å²) in [6.45, 7) is 1.17. The van der Waals surface area contributed by atoms with E-state index in [4.69, 9.17) is 4.74 Å². The van der Waals surface area contributed by atoms with Gasteiger partial charge in [-0.05, 0) is 6.42 Å². The van der Waals surface area contributed by atoms with Crippen molar-refractivity contribution in [3.63, 3.8) is 0 Å². The number of rotatable bonds is 3. The smallest absolute Gasteiger partial charge is 0.424 e. The Morgan fingerprint density at radius 3 is 2.16 bits per heavy atom. The van der Waals surface area contributed by atoms with Crippen molar-refractivity contribution in [3.8, 4) is 0 Å². The lowest BCUT2D eigenvalue weighted by Gasteiger charge is -2.40. The van der Waals surface area contributed by atoms with Crippen molar-refractivity contribution in [2.45, 2.75) is 36.9 Å². The van der Waals surface area contributed by atoms with Crippen LogP contribution >= 0.6 is 7.37 Å². The SMILES string of the molecule is CP(=O)(O)CC[C@@H]1[C@H](O)[C@H](O)[C@H]2OC(=O)O[C@@H]2[C@H]1O. The Kier molecular flexibility index (Phi) is 3.90. The maximum absolute atomic E-state index is 11.3. The van der Waals surface area contributed by atoms with Gasteiger partial charge in [-0.1, -0.05) is 0 Å². The average Bonchev–Trinajstić information content (AvgIpc) is 2.67. The fourth-order valence-electron chi connectivity index (χ4n) is 2.54. The highest BCUT2D eigenvalue weighted by Gasteiger charge is 2.56. The van der Waals surface area contributed by atoms with Gasteiger partial charge in [-0.3, -0.25) is 4.57 Å². The second-order valence-corrected chi connectivity index (χ2v) is 7.66. The first-order chi connectivity index (χ1) is 8.70. The number of aliphatic hydroxyl groups excluding tert-OH is 3. The van der Waals surface area contributed by atoms with Gasteiger partial charge in [-0.2, -0.15) is 0 Å². The van der Waals surface area contributed by atoms with Gasteiger partial charge in [0.05, 0.1) is 6.10 Å². The highest BCUT2D eigenvalue weighted by atomic mass is 31.2. The van der Waals surface area contributed by atoms with Gasteiger partial charge in [0, 0.05) is 18.7 Å². The van der Waals surface area contributed by atoms with Crippen LogP contribution in [0.5, 0.6) is 0 Å². The highest BCUT2D eigenvalue weighted by molar-refractivity contribution is 7.57. The van der Waals surface area contributed by atoms with E-state index in [0.717, 1.165) is 0 Å². The molecule has 110 valence electrons. The van der Waals surface area contributed by atoms with Gasteiger partial charge >= 0.3 is 6.16 Å². The fraction of sp³-hybridized carbons (Fsp3) is 0.900. The van der Waals surface area contributed by atoms with Gasteiger partial charge in [-0.25, -0.2) is 4.79 Å². The minimum Gasteiger partial charge on any atom is -0.424 e. The second kappa shape index (κ2) is 5.03. The van der Waals surface area contributed by atoms with Gasteiger partial charge in [0.15, 0.2) is 19.6 Å². The first-order valence-electron chi connectivity index (χ1n) is 5.91. The average molecular weight is 296 g/mol. The molecule has 1 saturated heterocycles. The quantitative estimate of drug-likeness (QED) is 0.380. The summed E-state index contributed by atoms with van der Waals surface area (Å²) in [4.78, 5) is 20.2. The lowest BCUT2D eigenvalue weighted by Crippen LogP contribution is -2.59. The van der Waals surface area contributed by atoms with Crippen LogP contribution in [0.15, 0.2) is 0 Å². The van der Waals surface area contributed by atoms with E-state index in [0.29, 0.717) is 0 Å². The summed E-state index contributed by atoms with van der Waals surface area (Å²) in [5, 5.41) is 29.8. The maximum atomic E-state index is 11.3. The summed E-state index contributed by atoms with van der Waals surface area (Å²) in [5.74, 6) is -0.855. The molecule has 2 aliphatic rings. The number of ether oxygens (including phenoxy) is 2. The monoisotopic (exact) mass is 296 g/mol. The van der Waals surface area contributed by atoms with E-state index < -0.39 is 50.0 Å². The Morgan fingerprint density at radius 2 is 1.63 bits per heavy atom. The maximum Gasteiger partial charge on any atom is 0.509 e. The van der Waals surface area contributed by atoms with E-state index in [1.807, 2.05) is 0 Å². The fourth-order valence-corrected chi connectivity index (χ4v) is 3.31. The van der Waals surface area contributed by atoms with Crippen molar-refractivity contribution in [2.24, 2.45) is 5.92 Å². The van der Waals surface area contributed by atoms with Gasteiger partial charge in [0.2, 0.25) is 0 Å². The summed E-state index contributed by atoms with van der Waals surface area (Å²) in [6.07, 6.45) is -7.25. The van der Waals surface area contributed by atoms with Crippen LogP contribution in [0.2, 0.25) is 0 Å². The molecule has 1 saturated carbocycles. The van der Waals surface area contributed by atoms with E-state index in [1.54, 1.807) is 0 Å². The number of carbonyl (C=O) groups excluding carboxylic acids is 1. The zero-order valence-electron chi connectivity index (χ0n) is 10.2. The van der Waals surface area contributed by atoms with Crippen LogP contribution in [0.3, 0.4) is 0 Å². The number of hydrogen-bond donors (Lipinski definition) is 4. The molecule has 1 unspecified atom stereocenters. The molecule has 0 spiro atoms. The second-order valence-electron chi connectivity index (χ2n) is 5.11. The molecule has 1 aliphatic carbocycles. The molecule has 19 heavy (non-hydrogen) atoms. The summed E-state index contributed by atoms with van der Waals surface area (Å²) in [6, 6.07) is 0. The van der Waals surface area contributed by atoms with Crippen LogP contribution in [0.4, 0.5) is 4.79 Å². The standard InChI is InChI=1S/C10H17O8P/c1-19(15,16)3-2-4-5(11)7(13)9-8(6(4)12)17-10(14)18-9/h4-9,11-13H,2-3H2,1H3,(H,15,16)/t4-,5+,6+,7+,8-,9-/m1/s1. The Balaban J connectivity index is 2.11. The predicted octanol–water partition coefficient (Wildman–Crippen LogP) is -1.11. The van der Waals surface area contributed by atoms with Crippen molar-refractivity contribution in [3.05, 3.63) is 0 Å². The Hall–Kier alpha value is -0.660. The molecule has 2 rings (SSSR count). The Morgan fingerprint density at radius 1 is 1.11 bits per heavy atom. The number of fused-ring (bicyclic) bond motifs is 1. The summed E-state index contributed by atoms with van der Waals surface area (Å²) in [7, 11) is -3.29. The molecule has 0 aromatic carbocycles. The van der Waals surface area contributed by atoms with Gasteiger partial charge in [0.25, 0.3) is 0 Å². The Labute approximate surface area is 109 Å². The van der Waals surface area contributed by atoms with Gasteiger partial charge in [-0.15, -0.1) is 0 Å². The van der Waals surface area contributed by atoms with Crippen LogP contribution in [0.1, 0.15) is 6.42 Å². The molecular weight excluding hydrogens is 279 g/mol. The summed E-state index contributed by atoms with van der Waals surface area (Å²) < 4.78 is 20.7. The lowest BCUT2D eigenvalue weighted by molar-refractivity contribution is -0.166. The first-order valence-corrected chi connectivity index (χ1v) is 8.20. The van der Waals surface area contributed by atoms with Crippen LogP contribution < -0.4 is 0 Å². The van der Waals surface area contributed by atoms with E-state index in [9.17, 15) is 29.6 Å². The molecule has 7 atom stereocenters. The molecule has 0 amide bonds. The van der Waals surface area contributed by atoms with Crippen molar-refractivity contribution in [1.29, 1.82) is 0 Å². The highest BCUT2D eigenvalue weighted by Crippen LogP contribution is 2.41. The minimum atomic E-state index is -3.29. The van der Waals surface area contributed by atoms with E-state index in [1.165, 1.54) is 6.66 Å². The van der Waals surface area contributed by atoms with Gasteiger partial charge in [0.1, 0.15) is 12.2 Å². The van der Waals surface area contributed by atoms with Gasteiger partial charge < -0.3 is 29.7 Å². The molecule has 1 aliphatic heterocycles. The molecule has 2 fully saturated rings. The Bertz CT molecular complexity index is 406. The molecule has 9 heteroatoms. The third-order valence-electron chi connectivity index (χ3n) is 3.57. The summed E-state index contributed by atoms with van der Waals surface area (Å²) >= 11 is 0. The zero-order chi connectivity index (χ0) is 14.4. The molecule has 0 bridgehead atoms. The lowest BCUT2D eigenvalue weighted by atomic mass is 9.77. The van der Waals surface area contributed by atoms with E-state index in [2.05, 4.69) is 4.74 Å². The van der Waals surface area contributed by atoms with Crippen LogP contribution in [-0.2, 0) is 14.0 Å². The van der Waals surface area contributed by atoms with Crippen molar-refractivity contribution >= 4 is 13.5 Å². The third-order valence-corrected chi connectivity index (χ3v) is 4.65. The van der Waals surface area contributed by atoms with E-state index >= 15 is 0 Å². The largest absolute Gasteiger partial charge is 0.509 e. The first kappa shape index (κ1) is 14.7. The number of carbonyl (C=O) groups is 1. The number of aliphatic hydroxyl groups is 3. The molecule has 0 aromatic rings. The topological polar surface area (TPSA) is 134 Å². The summed E-state index contributed by atoms with van der Waals surface area (Å²) in [5.41, 5.74) is 0. The van der Waals surface area contributed by atoms with Crippen LogP contribution in [-0.4, -0.2) is 69.7 Å². The van der Waals surface area contributed by atoms with Crippen molar-refractivity contribution < 1.29 is 39.0 Å². The molecule has 1 heterocycles. The normalized spacial score (nSPS) is 45.0. The third kappa shape index (κ3) is 2.93. The zero-order valence-corrected chi connectivity index (χ0v) is 11.1. The van der Waals surface area contributed by atoms with Crippen LogP contribution in [0, 0.1) is 5.92 Å². The van der Waals surface area contributed by atoms with Crippen molar-refractivity contribution in [2.75, 3.05) is 12.8 Å². The van der Waals surface area contributed by atoms with Crippen LogP contribution in [0.25, 0.3) is 0 Å². The predicted molar refractivity (Wildman–Crippen MR) is 61.9 cm³/mol. The van der Waals surface area contributed by atoms with E-state index in [-0.39, 0.29) is 12.6 Å². The molecular formula is C10H17O8P. The minimum absolute atomic E-state index is 0.0322. The molecule has 0 radical (unpaired) electrons. The van der Waals surface area contributed by atoms with Crippen molar-refractivity contribution in [1.82, 2.24) is 0 Å². The molecule has 0 aromatic heterocycles. The molecule has 4 N–H and O–H groups in total.